The van der Waals surface area contributed by atoms with Crippen LogP contribution in [0.5, 0.6) is 0 Å². The van der Waals surface area contributed by atoms with E-state index < -0.39 is 0 Å². The average Bonchev–Trinajstić information content (AvgIpc) is 2.72. The third-order valence-electron chi connectivity index (χ3n) is 3.41. The van der Waals surface area contributed by atoms with E-state index in [0.717, 1.165) is 20.8 Å². The summed E-state index contributed by atoms with van der Waals surface area (Å²) in [6, 6.07) is 2.14. The van der Waals surface area contributed by atoms with Gasteiger partial charge in [-0.2, -0.15) is 0 Å². The Morgan fingerprint density at radius 1 is 1.00 bits per heavy atom. The summed E-state index contributed by atoms with van der Waals surface area (Å²) in [6.07, 6.45) is 0. The highest BCUT2D eigenvalue weighted by molar-refractivity contribution is 7.18. The molecule has 1 heterocycles. The first-order valence-electron chi connectivity index (χ1n) is 6.95. The molecule has 0 aliphatic heterocycles. The molecule has 19 heavy (non-hydrogen) atoms. The van der Waals surface area contributed by atoms with Gasteiger partial charge in [0.2, 0.25) is 0 Å². The zero-order valence-electron chi connectivity index (χ0n) is 12.5. The molecule has 0 radical (unpaired) electrons. The molecule has 0 amide bonds. The van der Waals surface area contributed by atoms with Crippen molar-refractivity contribution in [1.82, 2.24) is 4.98 Å². The van der Waals surface area contributed by atoms with Crippen LogP contribution in [0.25, 0.3) is 10.2 Å². The molecule has 0 saturated carbocycles. The Labute approximate surface area is 118 Å². The van der Waals surface area contributed by atoms with Crippen LogP contribution in [0.15, 0.2) is 6.07 Å². The van der Waals surface area contributed by atoms with E-state index in [4.69, 9.17) is 0 Å². The van der Waals surface area contributed by atoms with Crippen LogP contribution in [0.4, 0.5) is 4.39 Å². The fourth-order valence-corrected chi connectivity index (χ4v) is 3.40. The Hall–Kier alpha value is -0.960. The van der Waals surface area contributed by atoms with Crippen molar-refractivity contribution in [2.24, 2.45) is 0 Å². The molecule has 0 aliphatic carbocycles. The van der Waals surface area contributed by atoms with Gasteiger partial charge in [0.25, 0.3) is 0 Å². The maximum atomic E-state index is 14.8. The first-order valence-corrected chi connectivity index (χ1v) is 7.77. The SMILES string of the molecule is CC(C)c1nc2c(F)c(C(C)C)c(C(C)C)cc2s1. The lowest BCUT2D eigenvalue weighted by atomic mass is 9.90. The van der Waals surface area contributed by atoms with Crippen molar-refractivity contribution in [3.63, 3.8) is 0 Å². The van der Waals surface area contributed by atoms with Crippen LogP contribution in [-0.4, -0.2) is 4.98 Å². The summed E-state index contributed by atoms with van der Waals surface area (Å²) >= 11 is 1.62. The van der Waals surface area contributed by atoms with Crippen LogP contribution in [-0.2, 0) is 0 Å². The van der Waals surface area contributed by atoms with Gasteiger partial charge in [0, 0.05) is 5.92 Å². The molecule has 3 heteroatoms. The molecule has 0 bridgehead atoms. The molecule has 104 valence electrons. The quantitative estimate of drug-likeness (QED) is 0.691. The first kappa shape index (κ1) is 14.4. The second-order valence-corrected chi connectivity index (χ2v) is 7.12. The highest BCUT2D eigenvalue weighted by Gasteiger charge is 2.21. The number of nitrogens with zero attached hydrogens (tertiary/aromatic N) is 1. The molecule has 0 unspecified atom stereocenters. The number of rotatable bonds is 3. The van der Waals surface area contributed by atoms with Crippen LogP contribution in [0.3, 0.4) is 0 Å². The monoisotopic (exact) mass is 279 g/mol. The number of fused-ring (bicyclic) bond motifs is 1. The van der Waals surface area contributed by atoms with E-state index in [-0.39, 0.29) is 11.7 Å². The highest BCUT2D eigenvalue weighted by Crippen LogP contribution is 2.37. The second-order valence-electron chi connectivity index (χ2n) is 6.06. The van der Waals surface area contributed by atoms with E-state index in [1.165, 1.54) is 0 Å². The van der Waals surface area contributed by atoms with Crippen LogP contribution >= 0.6 is 11.3 Å². The Bertz CT molecular complexity index is 596. The van der Waals surface area contributed by atoms with Crippen molar-refractivity contribution in [2.45, 2.75) is 59.3 Å². The summed E-state index contributed by atoms with van der Waals surface area (Å²) in [5.74, 6) is 0.757. The molecule has 2 aromatic rings. The second kappa shape index (κ2) is 5.20. The molecule has 0 spiro atoms. The van der Waals surface area contributed by atoms with Crippen LogP contribution < -0.4 is 0 Å². The van der Waals surface area contributed by atoms with Gasteiger partial charge in [-0.05, 0) is 29.0 Å². The number of hydrogen-bond acceptors (Lipinski definition) is 2. The third kappa shape index (κ3) is 2.53. The number of benzene rings is 1. The van der Waals surface area contributed by atoms with Crippen LogP contribution in [0.2, 0.25) is 0 Å². The Kier molecular flexibility index (Phi) is 3.95. The Balaban J connectivity index is 2.77. The molecule has 1 nitrogen and oxygen atoms in total. The topological polar surface area (TPSA) is 12.9 Å². The summed E-state index contributed by atoms with van der Waals surface area (Å²) in [4.78, 5) is 4.50. The normalized spacial score (nSPS) is 12.3. The van der Waals surface area contributed by atoms with E-state index in [1.54, 1.807) is 11.3 Å². The van der Waals surface area contributed by atoms with Crippen molar-refractivity contribution in [3.8, 4) is 0 Å². The fourth-order valence-electron chi connectivity index (χ4n) is 2.39. The lowest BCUT2D eigenvalue weighted by molar-refractivity contribution is 0.598. The number of aromatic nitrogens is 1. The molecule has 0 aliphatic rings. The third-order valence-corrected chi connectivity index (χ3v) is 4.71. The van der Waals surface area contributed by atoms with Gasteiger partial charge in [0.15, 0.2) is 5.82 Å². The number of halogens is 1. The van der Waals surface area contributed by atoms with Crippen LogP contribution in [0, 0.1) is 5.82 Å². The van der Waals surface area contributed by atoms with Crippen molar-refractivity contribution in [3.05, 3.63) is 28.0 Å². The molecule has 1 aromatic carbocycles. The van der Waals surface area contributed by atoms with E-state index in [2.05, 4.69) is 38.7 Å². The molecular formula is C16H22FNS. The van der Waals surface area contributed by atoms with Gasteiger partial charge in [-0.15, -0.1) is 11.3 Å². The number of thiazole rings is 1. The molecule has 1 aromatic heterocycles. The van der Waals surface area contributed by atoms with Gasteiger partial charge >= 0.3 is 0 Å². The van der Waals surface area contributed by atoms with Gasteiger partial charge in [0.05, 0.1) is 9.71 Å². The van der Waals surface area contributed by atoms with Crippen molar-refractivity contribution >= 4 is 21.6 Å². The largest absolute Gasteiger partial charge is 0.238 e. The average molecular weight is 279 g/mol. The maximum absolute atomic E-state index is 14.8. The van der Waals surface area contributed by atoms with Crippen molar-refractivity contribution < 1.29 is 4.39 Å². The molecular weight excluding hydrogens is 257 g/mol. The smallest absolute Gasteiger partial charge is 0.154 e. The van der Waals surface area contributed by atoms with Gasteiger partial charge in [-0.3, -0.25) is 0 Å². The minimum atomic E-state index is -0.112. The van der Waals surface area contributed by atoms with Gasteiger partial charge in [0.1, 0.15) is 5.52 Å². The fraction of sp³-hybridized carbons (Fsp3) is 0.562. The summed E-state index contributed by atoms with van der Waals surface area (Å²) in [7, 11) is 0. The molecule has 0 saturated heterocycles. The van der Waals surface area contributed by atoms with Gasteiger partial charge < -0.3 is 0 Å². The lowest BCUT2D eigenvalue weighted by Gasteiger charge is -2.17. The molecule has 0 atom stereocenters. The van der Waals surface area contributed by atoms with E-state index >= 15 is 0 Å². The minimum Gasteiger partial charge on any atom is -0.238 e. The maximum Gasteiger partial charge on any atom is 0.154 e. The van der Waals surface area contributed by atoms with Crippen LogP contribution in [0.1, 0.15) is 75.4 Å². The molecule has 0 N–H and O–H groups in total. The molecule has 2 rings (SSSR count). The van der Waals surface area contributed by atoms with E-state index in [0.29, 0.717) is 17.4 Å². The zero-order valence-corrected chi connectivity index (χ0v) is 13.4. The first-order chi connectivity index (χ1) is 8.82. The van der Waals surface area contributed by atoms with E-state index in [1.807, 2.05) is 13.8 Å². The standard InChI is InChI=1S/C16H22FNS/c1-8(2)11-7-12-15(14(17)13(11)9(3)4)18-16(19-12)10(5)6/h7-10H,1-6H3. The Morgan fingerprint density at radius 3 is 2.11 bits per heavy atom. The van der Waals surface area contributed by atoms with Crippen molar-refractivity contribution in [2.75, 3.05) is 0 Å². The van der Waals surface area contributed by atoms with E-state index in [9.17, 15) is 4.39 Å². The summed E-state index contributed by atoms with van der Waals surface area (Å²) < 4.78 is 15.7. The van der Waals surface area contributed by atoms with Gasteiger partial charge in [-0.25, -0.2) is 9.37 Å². The zero-order chi connectivity index (χ0) is 14.3. The lowest BCUT2D eigenvalue weighted by Crippen LogP contribution is -2.03. The summed E-state index contributed by atoms with van der Waals surface area (Å²) in [5, 5.41) is 1.02. The Morgan fingerprint density at radius 2 is 1.63 bits per heavy atom. The minimum absolute atomic E-state index is 0.112. The van der Waals surface area contributed by atoms with Gasteiger partial charge in [-0.1, -0.05) is 41.5 Å². The summed E-state index contributed by atoms with van der Waals surface area (Å²) in [6.45, 7) is 12.5. The summed E-state index contributed by atoms with van der Waals surface area (Å²) in [5.41, 5.74) is 2.52. The predicted molar refractivity (Wildman–Crippen MR) is 81.8 cm³/mol. The van der Waals surface area contributed by atoms with Crippen molar-refractivity contribution in [1.29, 1.82) is 0 Å². The highest BCUT2D eigenvalue weighted by atomic mass is 32.1. The number of hydrogen-bond donors (Lipinski definition) is 0. The molecule has 0 fully saturated rings. The predicted octanol–water partition coefficient (Wildman–Crippen LogP) is 5.81.